The minimum atomic E-state index is -0.705. The molecule has 0 saturated carbocycles. The lowest BCUT2D eigenvalue weighted by atomic mass is 10.1. The molecule has 2 aromatic rings. The highest BCUT2D eigenvalue weighted by molar-refractivity contribution is 6.01. The van der Waals surface area contributed by atoms with Gasteiger partial charge in [0, 0.05) is 11.6 Å². The summed E-state index contributed by atoms with van der Waals surface area (Å²) < 4.78 is 5.23. The summed E-state index contributed by atoms with van der Waals surface area (Å²) >= 11 is 0. The number of hydrogen-bond donors (Lipinski definition) is 1. The smallest absolute Gasteiger partial charge is 0.301 e. The Labute approximate surface area is 136 Å². The molecule has 0 fully saturated rings. The van der Waals surface area contributed by atoms with Gasteiger partial charge in [0.1, 0.15) is 11.4 Å². The van der Waals surface area contributed by atoms with Gasteiger partial charge >= 0.3 is 5.69 Å². The van der Waals surface area contributed by atoms with E-state index < -0.39 is 15.5 Å². The second kappa shape index (κ2) is 7.18. The van der Waals surface area contributed by atoms with Gasteiger partial charge < -0.3 is 4.74 Å². The first kappa shape index (κ1) is 16.9. The highest BCUT2D eigenvalue weighted by atomic mass is 16.6. The molecule has 0 amide bonds. The molecular weight excluding hydrogens is 316 g/mol. The summed E-state index contributed by atoms with van der Waals surface area (Å²) in [5.41, 5.74) is 3.10. The molecule has 0 aliphatic rings. The summed E-state index contributed by atoms with van der Waals surface area (Å²) in [6.07, 6.45) is 0. The van der Waals surface area contributed by atoms with Crippen molar-refractivity contribution in [3.05, 3.63) is 68.3 Å². The van der Waals surface area contributed by atoms with Crippen LogP contribution in [-0.2, 0) is 0 Å². The zero-order valence-corrected chi connectivity index (χ0v) is 12.9. The average Bonchev–Trinajstić information content (AvgIpc) is 2.59. The van der Waals surface area contributed by atoms with Gasteiger partial charge in [-0.3, -0.25) is 25.7 Å². The molecule has 124 valence electrons. The lowest BCUT2D eigenvalue weighted by Gasteiger charge is -2.08. The maximum atomic E-state index is 11.1. The number of nitrogens with one attached hydrogen (secondary N) is 1. The van der Waals surface area contributed by atoms with E-state index in [0.717, 1.165) is 11.6 Å². The van der Waals surface area contributed by atoms with Gasteiger partial charge in [-0.15, -0.1) is 0 Å². The molecule has 9 heteroatoms. The number of methoxy groups -OCH3 is 1. The predicted octanol–water partition coefficient (Wildman–Crippen LogP) is 3.35. The van der Waals surface area contributed by atoms with Crippen molar-refractivity contribution in [1.29, 1.82) is 0 Å². The molecule has 0 unspecified atom stereocenters. The van der Waals surface area contributed by atoms with Crippen molar-refractivity contribution in [2.45, 2.75) is 6.92 Å². The van der Waals surface area contributed by atoms with Gasteiger partial charge in [0.2, 0.25) is 0 Å². The van der Waals surface area contributed by atoms with Crippen LogP contribution in [0, 0.1) is 20.2 Å². The number of rotatable bonds is 6. The largest absolute Gasteiger partial charge is 0.496 e. The number of nitro benzene ring substituents is 2. The predicted molar refractivity (Wildman–Crippen MR) is 88.6 cm³/mol. The standard InChI is InChI=1S/C15H14N4O5/c1-10(12-5-3-4-6-15(12)24-2)16-17-13-8-7-11(18(20)21)9-14(13)19(22)23/h3-9,17H,1-2H3/b16-10+. The first-order valence-electron chi connectivity index (χ1n) is 6.80. The van der Waals surface area contributed by atoms with E-state index in [1.54, 1.807) is 19.1 Å². The van der Waals surface area contributed by atoms with E-state index in [2.05, 4.69) is 10.5 Å². The molecular formula is C15H14N4O5. The molecule has 0 aliphatic carbocycles. The van der Waals surface area contributed by atoms with Gasteiger partial charge in [0.25, 0.3) is 5.69 Å². The van der Waals surface area contributed by atoms with Crippen LogP contribution < -0.4 is 10.2 Å². The van der Waals surface area contributed by atoms with Crippen LogP contribution in [0.15, 0.2) is 47.6 Å². The molecule has 9 nitrogen and oxygen atoms in total. The van der Waals surface area contributed by atoms with E-state index in [4.69, 9.17) is 4.74 Å². The number of hydrogen-bond acceptors (Lipinski definition) is 7. The molecule has 0 heterocycles. The first-order valence-corrected chi connectivity index (χ1v) is 6.80. The Kier molecular flexibility index (Phi) is 5.05. The second-order valence-electron chi connectivity index (χ2n) is 4.72. The van der Waals surface area contributed by atoms with Crippen LogP contribution in [0.25, 0.3) is 0 Å². The fraction of sp³-hybridized carbons (Fsp3) is 0.133. The molecule has 2 aromatic carbocycles. The Morgan fingerprint density at radius 1 is 1.12 bits per heavy atom. The molecule has 24 heavy (non-hydrogen) atoms. The summed E-state index contributed by atoms with van der Waals surface area (Å²) in [7, 11) is 1.53. The second-order valence-corrected chi connectivity index (χ2v) is 4.72. The van der Waals surface area contributed by atoms with Crippen LogP contribution in [0.3, 0.4) is 0 Å². The number of nitrogens with zero attached hydrogens (tertiary/aromatic N) is 3. The minimum absolute atomic E-state index is 0.0554. The highest BCUT2D eigenvalue weighted by Gasteiger charge is 2.19. The van der Waals surface area contributed by atoms with E-state index in [-0.39, 0.29) is 11.4 Å². The number of benzene rings is 2. The van der Waals surface area contributed by atoms with Gasteiger partial charge in [-0.2, -0.15) is 5.10 Å². The van der Waals surface area contributed by atoms with Crippen LogP contribution in [0.2, 0.25) is 0 Å². The first-order chi connectivity index (χ1) is 11.4. The molecule has 0 aromatic heterocycles. The fourth-order valence-electron chi connectivity index (χ4n) is 2.03. The van der Waals surface area contributed by atoms with Crippen molar-refractivity contribution >= 4 is 22.8 Å². The average molecular weight is 330 g/mol. The van der Waals surface area contributed by atoms with E-state index in [1.165, 1.54) is 19.2 Å². The Morgan fingerprint density at radius 2 is 1.83 bits per heavy atom. The van der Waals surface area contributed by atoms with Crippen molar-refractivity contribution in [1.82, 2.24) is 0 Å². The summed E-state index contributed by atoms with van der Waals surface area (Å²) in [6, 6.07) is 10.5. The SMILES string of the molecule is COc1ccccc1/C(C)=N/Nc1ccc([N+](=O)[O-])cc1[N+](=O)[O-]. The highest BCUT2D eigenvalue weighted by Crippen LogP contribution is 2.29. The third-order valence-electron chi connectivity index (χ3n) is 3.23. The van der Waals surface area contributed by atoms with Gasteiger partial charge in [-0.05, 0) is 25.1 Å². The van der Waals surface area contributed by atoms with Gasteiger partial charge in [-0.25, -0.2) is 0 Å². The monoisotopic (exact) mass is 330 g/mol. The van der Waals surface area contributed by atoms with Crippen molar-refractivity contribution in [2.75, 3.05) is 12.5 Å². The zero-order valence-electron chi connectivity index (χ0n) is 12.9. The van der Waals surface area contributed by atoms with Crippen LogP contribution in [0.4, 0.5) is 17.1 Å². The molecule has 0 atom stereocenters. The number of nitro groups is 2. The third-order valence-corrected chi connectivity index (χ3v) is 3.23. The van der Waals surface area contributed by atoms with Crippen LogP contribution >= 0.6 is 0 Å². The lowest BCUT2D eigenvalue weighted by Crippen LogP contribution is -2.04. The van der Waals surface area contributed by atoms with Crippen LogP contribution in [0.5, 0.6) is 5.75 Å². The van der Waals surface area contributed by atoms with E-state index in [1.807, 2.05) is 12.1 Å². The topological polar surface area (TPSA) is 120 Å². The van der Waals surface area contributed by atoms with E-state index in [0.29, 0.717) is 11.5 Å². The number of anilines is 1. The summed E-state index contributed by atoms with van der Waals surface area (Å²) in [4.78, 5) is 20.4. The Bertz CT molecular complexity index is 819. The lowest BCUT2D eigenvalue weighted by molar-refractivity contribution is -0.393. The van der Waals surface area contributed by atoms with E-state index in [9.17, 15) is 20.2 Å². The quantitative estimate of drug-likeness (QED) is 0.492. The fourth-order valence-corrected chi connectivity index (χ4v) is 2.03. The van der Waals surface area contributed by atoms with Crippen molar-refractivity contribution in [2.24, 2.45) is 5.10 Å². The number of ether oxygens (including phenoxy) is 1. The van der Waals surface area contributed by atoms with Crippen molar-refractivity contribution < 1.29 is 14.6 Å². The molecule has 1 N–H and O–H groups in total. The molecule has 0 saturated heterocycles. The summed E-state index contributed by atoms with van der Waals surface area (Å²) in [6.45, 7) is 1.71. The number of non-ortho nitro benzene ring substituents is 1. The van der Waals surface area contributed by atoms with Crippen LogP contribution in [-0.4, -0.2) is 22.7 Å². The summed E-state index contributed by atoms with van der Waals surface area (Å²) in [5.74, 6) is 0.610. The number of hydrazone groups is 1. The molecule has 2 rings (SSSR count). The molecule has 0 spiro atoms. The number of para-hydroxylation sites is 1. The Hall–Kier alpha value is -3.49. The van der Waals surface area contributed by atoms with E-state index >= 15 is 0 Å². The van der Waals surface area contributed by atoms with Gasteiger partial charge in [0.05, 0.1) is 28.7 Å². The Morgan fingerprint density at radius 3 is 2.46 bits per heavy atom. The zero-order chi connectivity index (χ0) is 17.7. The maximum absolute atomic E-state index is 11.1. The molecule has 0 aliphatic heterocycles. The molecule has 0 radical (unpaired) electrons. The minimum Gasteiger partial charge on any atom is -0.496 e. The van der Waals surface area contributed by atoms with Crippen molar-refractivity contribution in [3.63, 3.8) is 0 Å². The van der Waals surface area contributed by atoms with Crippen LogP contribution in [0.1, 0.15) is 12.5 Å². The summed E-state index contributed by atoms with van der Waals surface area (Å²) in [5, 5.41) is 25.9. The Balaban J connectivity index is 2.34. The van der Waals surface area contributed by atoms with Gasteiger partial charge in [0.15, 0.2) is 0 Å². The van der Waals surface area contributed by atoms with Gasteiger partial charge in [-0.1, -0.05) is 12.1 Å². The normalized spacial score (nSPS) is 11.0. The molecule has 0 bridgehead atoms. The third kappa shape index (κ3) is 3.64. The maximum Gasteiger partial charge on any atom is 0.301 e. The van der Waals surface area contributed by atoms with Crippen molar-refractivity contribution in [3.8, 4) is 5.75 Å².